The molecule has 0 saturated heterocycles. The lowest BCUT2D eigenvalue weighted by Crippen LogP contribution is -2.06. The third-order valence-corrected chi connectivity index (χ3v) is 7.78. The molecule has 4 aromatic carbocycles. The van der Waals surface area contributed by atoms with E-state index in [0.29, 0.717) is 5.92 Å². The molecule has 1 radical (unpaired) electrons. The van der Waals surface area contributed by atoms with Gasteiger partial charge in [0.05, 0.1) is 13.2 Å². The Morgan fingerprint density at radius 3 is 1.76 bits per heavy atom. The van der Waals surface area contributed by atoms with Gasteiger partial charge in [0.1, 0.15) is 11.5 Å². The van der Waals surface area contributed by atoms with Crippen molar-refractivity contribution in [1.82, 2.24) is 0 Å². The highest BCUT2D eigenvalue weighted by atomic mass is 16.5. The minimum Gasteiger partial charge on any atom is -0.494 e. The van der Waals surface area contributed by atoms with Crippen LogP contribution >= 0.6 is 0 Å². The topological polar surface area (TPSA) is 18.5 Å². The van der Waals surface area contributed by atoms with E-state index in [9.17, 15) is 0 Å². The van der Waals surface area contributed by atoms with Gasteiger partial charge in [-0.3, -0.25) is 0 Å². The van der Waals surface area contributed by atoms with Crippen LogP contribution in [0.25, 0.3) is 0 Å². The van der Waals surface area contributed by atoms with Gasteiger partial charge in [-0.05, 0) is 110 Å². The highest BCUT2D eigenvalue weighted by Gasteiger charge is 2.16. The Bertz CT molecular complexity index is 1230. The van der Waals surface area contributed by atoms with Gasteiger partial charge in [0, 0.05) is 0 Å². The number of unbranched alkanes of at least 4 members (excludes halogenated alkanes) is 2. The van der Waals surface area contributed by atoms with Gasteiger partial charge in [-0.15, -0.1) is 0 Å². The number of benzene rings is 4. The molecule has 0 aliphatic rings. The molecule has 0 aromatic heterocycles. The number of hydrogen-bond acceptors (Lipinski definition) is 2. The number of aryl methyl sites for hydroxylation is 3. The molecule has 0 amide bonds. The molecule has 0 N–H and O–H groups in total. The molecular weight excluding hydrogens is 500 g/mol. The summed E-state index contributed by atoms with van der Waals surface area (Å²) in [4.78, 5) is 0. The summed E-state index contributed by atoms with van der Waals surface area (Å²) in [6, 6.07) is 38.8. The first-order valence-electron chi connectivity index (χ1n) is 15.5. The Morgan fingerprint density at radius 2 is 1.07 bits per heavy atom. The lowest BCUT2D eigenvalue weighted by atomic mass is 9.84. The Balaban J connectivity index is 1.14. The van der Waals surface area contributed by atoms with Gasteiger partial charge < -0.3 is 9.47 Å². The largest absolute Gasteiger partial charge is 0.494 e. The van der Waals surface area contributed by atoms with Crippen LogP contribution in [0.1, 0.15) is 80.5 Å². The Kier molecular flexibility index (Phi) is 12.9. The van der Waals surface area contributed by atoms with Crippen LogP contribution in [0.3, 0.4) is 0 Å². The molecule has 0 heterocycles. The molecule has 2 heteroatoms. The van der Waals surface area contributed by atoms with E-state index in [0.717, 1.165) is 63.2 Å². The molecule has 0 spiro atoms. The van der Waals surface area contributed by atoms with Crippen LogP contribution in [0.4, 0.5) is 0 Å². The monoisotopic (exact) mass is 547 g/mol. The van der Waals surface area contributed by atoms with Gasteiger partial charge in [0.2, 0.25) is 0 Å². The molecule has 1 atom stereocenters. The van der Waals surface area contributed by atoms with Crippen molar-refractivity contribution in [2.75, 3.05) is 13.2 Å². The minimum atomic E-state index is 0.495. The van der Waals surface area contributed by atoms with Crippen LogP contribution in [0.15, 0.2) is 109 Å². The average Bonchev–Trinajstić information content (AvgIpc) is 3.01. The first-order valence-corrected chi connectivity index (χ1v) is 15.5. The summed E-state index contributed by atoms with van der Waals surface area (Å²) in [5, 5.41) is 0. The quantitative estimate of drug-likeness (QED) is 0.115. The zero-order valence-electron chi connectivity index (χ0n) is 25.1. The van der Waals surface area contributed by atoms with Gasteiger partial charge >= 0.3 is 0 Å². The van der Waals surface area contributed by atoms with Crippen molar-refractivity contribution in [2.24, 2.45) is 0 Å². The fraction of sp³-hybridized carbons (Fsp3) is 0.359. The first kappa shape index (κ1) is 30.4. The lowest BCUT2D eigenvalue weighted by molar-refractivity contribution is 0.307. The summed E-state index contributed by atoms with van der Waals surface area (Å²) in [5.74, 6) is 3.94. The highest BCUT2D eigenvalue weighted by Crippen LogP contribution is 2.32. The van der Waals surface area contributed by atoms with Crippen molar-refractivity contribution in [3.63, 3.8) is 0 Å². The van der Waals surface area contributed by atoms with E-state index < -0.39 is 0 Å². The second-order valence-corrected chi connectivity index (χ2v) is 11.3. The average molecular weight is 548 g/mol. The van der Waals surface area contributed by atoms with Crippen LogP contribution in [-0.2, 0) is 19.3 Å². The molecule has 0 fully saturated rings. The predicted molar refractivity (Wildman–Crippen MR) is 173 cm³/mol. The highest BCUT2D eigenvalue weighted by molar-refractivity contribution is 5.32. The van der Waals surface area contributed by atoms with Crippen LogP contribution < -0.4 is 9.47 Å². The summed E-state index contributed by atoms with van der Waals surface area (Å²) in [7, 11) is 0. The van der Waals surface area contributed by atoms with Crippen LogP contribution in [0.2, 0.25) is 0 Å². The zero-order valence-corrected chi connectivity index (χ0v) is 25.1. The fourth-order valence-electron chi connectivity index (χ4n) is 5.43. The van der Waals surface area contributed by atoms with Gasteiger partial charge in [0.25, 0.3) is 0 Å². The summed E-state index contributed by atoms with van der Waals surface area (Å²) in [5.41, 5.74) is 5.54. The zero-order chi connectivity index (χ0) is 28.5. The van der Waals surface area contributed by atoms with E-state index >= 15 is 0 Å². The molecule has 215 valence electrons. The van der Waals surface area contributed by atoms with Crippen molar-refractivity contribution in [3.05, 3.63) is 137 Å². The predicted octanol–water partition coefficient (Wildman–Crippen LogP) is 10.2. The maximum atomic E-state index is 6.05. The number of rotatable bonds is 18. The second kappa shape index (κ2) is 17.3. The van der Waals surface area contributed by atoms with Crippen LogP contribution in [0.5, 0.6) is 11.5 Å². The fourth-order valence-corrected chi connectivity index (χ4v) is 5.43. The van der Waals surface area contributed by atoms with Crippen molar-refractivity contribution >= 4 is 0 Å². The molecule has 0 saturated carbocycles. The molecule has 4 aromatic rings. The van der Waals surface area contributed by atoms with Crippen molar-refractivity contribution < 1.29 is 9.47 Å². The summed E-state index contributed by atoms with van der Waals surface area (Å²) in [6.45, 7) is 6.05. The van der Waals surface area contributed by atoms with E-state index in [2.05, 4.69) is 123 Å². The Labute approximate surface area is 248 Å². The van der Waals surface area contributed by atoms with Crippen molar-refractivity contribution in [2.45, 2.75) is 77.6 Å². The van der Waals surface area contributed by atoms with E-state index in [-0.39, 0.29) is 0 Å². The molecular formula is C39H47O2. The maximum absolute atomic E-state index is 6.05. The maximum Gasteiger partial charge on any atom is 0.119 e. The molecule has 0 aliphatic heterocycles. The third kappa shape index (κ3) is 11.1. The summed E-state index contributed by atoms with van der Waals surface area (Å²) >= 11 is 0. The molecule has 2 nitrogen and oxygen atoms in total. The van der Waals surface area contributed by atoms with Crippen LogP contribution in [0, 0.1) is 5.92 Å². The molecule has 0 bridgehead atoms. The van der Waals surface area contributed by atoms with Crippen molar-refractivity contribution in [3.8, 4) is 11.5 Å². The van der Waals surface area contributed by atoms with Gasteiger partial charge in [-0.1, -0.05) is 105 Å². The smallest absolute Gasteiger partial charge is 0.119 e. The van der Waals surface area contributed by atoms with Gasteiger partial charge in [-0.2, -0.15) is 0 Å². The van der Waals surface area contributed by atoms with E-state index in [1.807, 2.05) is 0 Å². The molecule has 1 unspecified atom stereocenters. The van der Waals surface area contributed by atoms with Crippen LogP contribution in [-0.4, -0.2) is 13.2 Å². The van der Waals surface area contributed by atoms with Crippen molar-refractivity contribution in [1.29, 1.82) is 0 Å². The normalized spacial score (nSPS) is 11.9. The number of hydrogen-bond donors (Lipinski definition) is 0. The lowest BCUT2D eigenvalue weighted by Gasteiger charge is -2.21. The molecule has 4 rings (SSSR count). The second-order valence-electron chi connectivity index (χ2n) is 11.3. The summed E-state index contributed by atoms with van der Waals surface area (Å²) in [6.07, 6.45) is 10.1. The first-order chi connectivity index (χ1) is 20.2. The Hall–Kier alpha value is -3.52. The number of ether oxygens (including phenoxy) is 2. The standard InChI is InChI=1S/C39H47O2/c1-32(2)39(36-25-27-37(28-26-36)40-29-12-11-19-33-15-5-3-6-16-33)24-10-9-20-35-21-13-23-38(31-35)41-30-14-22-34-17-7-4-8-18-34/h3-8,13,15-18,21,23,25-28,31,39H,9-12,14,19-20,22,24,29-30H2,1-2H3. The van der Waals surface area contributed by atoms with E-state index in [4.69, 9.17) is 9.47 Å². The molecule has 0 aliphatic carbocycles. The van der Waals surface area contributed by atoms with E-state index in [1.54, 1.807) is 0 Å². The van der Waals surface area contributed by atoms with Gasteiger partial charge in [-0.25, -0.2) is 0 Å². The minimum absolute atomic E-state index is 0.495. The molecule has 41 heavy (non-hydrogen) atoms. The third-order valence-electron chi connectivity index (χ3n) is 7.78. The Morgan fingerprint density at radius 1 is 0.512 bits per heavy atom. The van der Waals surface area contributed by atoms with E-state index in [1.165, 1.54) is 47.4 Å². The SMILES string of the molecule is C[C](C)C(CCCCc1cccc(OCCCc2ccccc2)c1)c1ccc(OCCCCc2ccccc2)cc1. The van der Waals surface area contributed by atoms with Gasteiger partial charge in [0.15, 0.2) is 0 Å². The summed E-state index contributed by atoms with van der Waals surface area (Å²) < 4.78 is 12.1.